The molecule has 19 heavy (non-hydrogen) atoms. The van der Waals surface area contributed by atoms with Crippen LogP contribution >= 0.6 is 11.6 Å². The summed E-state index contributed by atoms with van der Waals surface area (Å²) in [5.41, 5.74) is -0.132. The molecule has 1 atom stereocenters. The van der Waals surface area contributed by atoms with E-state index in [1.807, 2.05) is 13.8 Å². The van der Waals surface area contributed by atoms with E-state index in [4.69, 9.17) is 16.9 Å². The topological polar surface area (TPSA) is 52.9 Å². The van der Waals surface area contributed by atoms with Gasteiger partial charge in [-0.25, -0.2) is 4.39 Å². The molecule has 0 aliphatic carbocycles. The van der Waals surface area contributed by atoms with Crippen LogP contribution in [0.25, 0.3) is 6.08 Å². The third-order valence-corrected chi connectivity index (χ3v) is 2.97. The second kappa shape index (κ2) is 6.91. The Hall–Kier alpha value is -1.86. The van der Waals surface area contributed by atoms with Crippen LogP contribution in [0.5, 0.6) is 0 Å². The Bertz CT molecular complexity index is 529. The highest BCUT2D eigenvalue weighted by Gasteiger charge is 2.13. The maximum atomic E-state index is 13.6. The molecule has 0 fully saturated rings. The molecule has 1 rings (SSSR count). The number of nitriles is 1. The van der Waals surface area contributed by atoms with Crippen molar-refractivity contribution in [3.05, 3.63) is 40.2 Å². The number of hydrogen-bond acceptors (Lipinski definition) is 2. The van der Waals surface area contributed by atoms with E-state index in [2.05, 4.69) is 5.32 Å². The summed E-state index contributed by atoms with van der Waals surface area (Å²) in [5, 5.41) is 11.8. The Balaban J connectivity index is 3.07. The Labute approximate surface area is 116 Å². The predicted molar refractivity (Wildman–Crippen MR) is 72.9 cm³/mol. The molecular formula is C14H14ClFN2O. The molecule has 1 aromatic rings. The van der Waals surface area contributed by atoms with Crippen molar-refractivity contribution < 1.29 is 9.18 Å². The standard InChI is InChI=1S/C14H14ClFN2O/c1-3-9(2)18-14(19)10(8-17)7-11-12(15)5-4-6-13(11)16/h4-7,9H,3H2,1-2H3,(H,18,19)/b10-7+/t9-/m1/s1. The van der Waals surface area contributed by atoms with Gasteiger partial charge in [-0.1, -0.05) is 24.6 Å². The lowest BCUT2D eigenvalue weighted by atomic mass is 10.1. The molecule has 0 radical (unpaired) electrons. The van der Waals surface area contributed by atoms with E-state index in [9.17, 15) is 9.18 Å². The van der Waals surface area contributed by atoms with E-state index in [1.54, 1.807) is 6.07 Å². The van der Waals surface area contributed by atoms with Gasteiger partial charge in [-0.3, -0.25) is 4.79 Å². The van der Waals surface area contributed by atoms with Crippen molar-refractivity contribution in [1.29, 1.82) is 5.26 Å². The van der Waals surface area contributed by atoms with E-state index >= 15 is 0 Å². The average molecular weight is 281 g/mol. The van der Waals surface area contributed by atoms with Crippen LogP contribution in [0.3, 0.4) is 0 Å². The number of carbonyl (C=O) groups excluding carboxylic acids is 1. The van der Waals surface area contributed by atoms with E-state index in [-0.39, 0.29) is 22.2 Å². The van der Waals surface area contributed by atoms with Gasteiger partial charge < -0.3 is 5.32 Å². The molecule has 0 bridgehead atoms. The number of nitrogens with one attached hydrogen (secondary N) is 1. The maximum Gasteiger partial charge on any atom is 0.262 e. The second-order valence-electron chi connectivity index (χ2n) is 4.09. The summed E-state index contributed by atoms with van der Waals surface area (Å²) in [6.07, 6.45) is 1.90. The Morgan fingerprint density at radius 3 is 2.84 bits per heavy atom. The lowest BCUT2D eigenvalue weighted by Gasteiger charge is -2.10. The first-order valence-electron chi connectivity index (χ1n) is 5.86. The fourth-order valence-electron chi connectivity index (χ4n) is 1.35. The summed E-state index contributed by atoms with van der Waals surface area (Å²) in [6.45, 7) is 3.73. The van der Waals surface area contributed by atoms with Crippen LogP contribution < -0.4 is 5.32 Å². The monoisotopic (exact) mass is 280 g/mol. The van der Waals surface area contributed by atoms with E-state index in [0.717, 1.165) is 12.5 Å². The van der Waals surface area contributed by atoms with Crippen LogP contribution in [0, 0.1) is 17.1 Å². The zero-order valence-electron chi connectivity index (χ0n) is 10.7. The van der Waals surface area contributed by atoms with Gasteiger partial charge in [0.25, 0.3) is 5.91 Å². The minimum atomic E-state index is -0.573. The fourth-order valence-corrected chi connectivity index (χ4v) is 1.56. The van der Waals surface area contributed by atoms with Crippen LogP contribution in [0.15, 0.2) is 23.8 Å². The Kier molecular flexibility index (Phi) is 5.53. The third-order valence-electron chi connectivity index (χ3n) is 2.64. The zero-order chi connectivity index (χ0) is 14.4. The molecule has 1 amide bonds. The maximum absolute atomic E-state index is 13.6. The van der Waals surface area contributed by atoms with Crippen LogP contribution in [0.1, 0.15) is 25.8 Å². The molecule has 0 saturated carbocycles. The number of benzene rings is 1. The molecule has 3 nitrogen and oxygen atoms in total. The molecule has 1 aromatic carbocycles. The highest BCUT2D eigenvalue weighted by Crippen LogP contribution is 2.21. The lowest BCUT2D eigenvalue weighted by Crippen LogP contribution is -2.32. The quantitative estimate of drug-likeness (QED) is 0.679. The normalized spacial score (nSPS) is 12.7. The summed E-state index contributed by atoms with van der Waals surface area (Å²) in [5.74, 6) is -1.10. The third kappa shape index (κ3) is 4.08. The van der Waals surface area contributed by atoms with Gasteiger partial charge >= 0.3 is 0 Å². The predicted octanol–water partition coefficient (Wildman–Crippen LogP) is 3.30. The van der Waals surface area contributed by atoms with Crippen LogP contribution in [0.2, 0.25) is 5.02 Å². The van der Waals surface area contributed by atoms with Crippen LogP contribution in [-0.4, -0.2) is 11.9 Å². The van der Waals surface area contributed by atoms with Crippen molar-refractivity contribution >= 4 is 23.6 Å². The van der Waals surface area contributed by atoms with Gasteiger partial charge in [0.1, 0.15) is 17.5 Å². The van der Waals surface area contributed by atoms with Crippen LogP contribution in [0.4, 0.5) is 4.39 Å². The molecule has 0 heterocycles. The van der Waals surface area contributed by atoms with Gasteiger partial charge in [0, 0.05) is 11.6 Å². The number of carbonyl (C=O) groups is 1. The first-order valence-corrected chi connectivity index (χ1v) is 6.24. The second-order valence-corrected chi connectivity index (χ2v) is 4.50. The van der Waals surface area contributed by atoms with Gasteiger partial charge in [0.2, 0.25) is 0 Å². The van der Waals surface area contributed by atoms with Crippen molar-refractivity contribution in [2.24, 2.45) is 0 Å². The van der Waals surface area contributed by atoms with Gasteiger partial charge in [0.15, 0.2) is 0 Å². The fraction of sp³-hybridized carbons (Fsp3) is 0.286. The van der Waals surface area contributed by atoms with Crippen molar-refractivity contribution in [3.8, 4) is 6.07 Å². The number of halogens is 2. The van der Waals surface area contributed by atoms with Gasteiger partial charge in [0.05, 0.1) is 5.02 Å². The number of hydrogen-bond donors (Lipinski definition) is 1. The first-order chi connectivity index (χ1) is 8.99. The summed E-state index contributed by atoms with van der Waals surface area (Å²) in [6, 6.07) is 5.88. The molecule has 0 saturated heterocycles. The SMILES string of the molecule is CC[C@@H](C)NC(=O)/C(C#N)=C/c1c(F)cccc1Cl. The van der Waals surface area contributed by atoms with Crippen LogP contribution in [-0.2, 0) is 4.79 Å². The van der Waals surface area contributed by atoms with Gasteiger partial charge in [-0.2, -0.15) is 5.26 Å². The zero-order valence-corrected chi connectivity index (χ0v) is 11.5. The van der Waals surface area contributed by atoms with E-state index in [1.165, 1.54) is 18.2 Å². The average Bonchev–Trinajstić information content (AvgIpc) is 2.38. The van der Waals surface area contributed by atoms with E-state index in [0.29, 0.717) is 0 Å². The van der Waals surface area contributed by atoms with Gasteiger partial charge in [-0.05, 0) is 31.6 Å². The Morgan fingerprint density at radius 2 is 2.32 bits per heavy atom. The number of rotatable bonds is 4. The highest BCUT2D eigenvalue weighted by atomic mass is 35.5. The summed E-state index contributed by atoms with van der Waals surface area (Å²) in [7, 11) is 0. The Morgan fingerprint density at radius 1 is 1.63 bits per heavy atom. The summed E-state index contributed by atoms with van der Waals surface area (Å²) < 4.78 is 13.6. The summed E-state index contributed by atoms with van der Waals surface area (Å²) >= 11 is 5.84. The number of nitrogens with zero attached hydrogens (tertiary/aromatic N) is 1. The van der Waals surface area contributed by atoms with Crippen molar-refractivity contribution in [1.82, 2.24) is 5.32 Å². The van der Waals surface area contributed by atoms with Crippen molar-refractivity contribution in [2.75, 3.05) is 0 Å². The lowest BCUT2D eigenvalue weighted by molar-refractivity contribution is -0.117. The molecule has 0 aromatic heterocycles. The minimum Gasteiger partial charge on any atom is -0.349 e. The smallest absolute Gasteiger partial charge is 0.262 e. The molecule has 1 N–H and O–H groups in total. The first kappa shape index (κ1) is 15.2. The molecule has 0 unspecified atom stereocenters. The molecule has 0 aliphatic heterocycles. The largest absolute Gasteiger partial charge is 0.349 e. The molecule has 5 heteroatoms. The summed E-state index contributed by atoms with van der Waals surface area (Å²) in [4.78, 5) is 11.8. The van der Waals surface area contributed by atoms with Crippen molar-refractivity contribution in [3.63, 3.8) is 0 Å². The molecule has 100 valence electrons. The van der Waals surface area contributed by atoms with E-state index < -0.39 is 11.7 Å². The molecule has 0 spiro atoms. The van der Waals surface area contributed by atoms with Crippen molar-refractivity contribution in [2.45, 2.75) is 26.3 Å². The van der Waals surface area contributed by atoms with Gasteiger partial charge in [-0.15, -0.1) is 0 Å². The number of amides is 1. The highest BCUT2D eigenvalue weighted by molar-refractivity contribution is 6.32. The minimum absolute atomic E-state index is 0.0417. The molecule has 0 aliphatic rings. The molecular weight excluding hydrogens is 267 g/mol.